The second-order valence-corrected chi connectivity index (χ2v) is 6.23. The van der Waals surface area contributed by atoms with E-state index in [1.165, 1.54) is 6.07 Å². The fourth-order valence-corrected chi connectivity index (χ4v) is 3.14. The second-order valence-electron chi connectivity index (χ2n) is 6.23. The molecular formula is C21H14FN3O2. The molecule has 1 N–H and O–H groups in total. The highest BCUT2D eigenvalue weighted by Gasteiger charge is 2.21. The van der Waals surface area contributed by atoms with Gasteiger partial charge in [-0.3, -0.25) is 9.79 Å². The van der Waals surface area contributed by atoms with Crippen molar-refractivity contribution < 1.29 is 13.6 Å². The molecule has 0 aliphatic carbocycles. The normalized spacial score (nSPS) is 12.3. The predicted molar refractivity (Wildman–Crippen MR) is 98.3 cm³/mol. The van der Waals surface area contributed by atoms with Crippen molar-refractivity contribution in [2.75, 3.05) is 5.32 Å². The second kappa shape index (κ2) is 6.54. The summed E-state index contributed by atoms with van der Waals surface area (Å²) in [6, 6.07) is 12.0. The maximum Gasteiger partial charge on any atom is 0.258 e. The van der Waals surface area contributed by atoms with Crippen molar-refractivity contribution in [2.24, 2.45) is 4.99 Å². The Morgan fingerprint density at radius 2 is 2.15 bits per heavy atom. The minimum atomic E-state index is -0.809. The van der Waals surface area contributed by atoms with Gasteiger partial charge in [-0.25, -0.2) is 4.39 Å². The molecule has 0 saturated heterocycles. The maximum atomic E-state index is 14.4. The molecule has 3 aromatic rings. The number of furan rings is 1. The zero-order valence-electron chi connectivity index (χ0n) is 14.4. The summed E-state index contributed by atoms with van der Waals surface area (Å²) in [5, 5.41) is 11.7. The number of rotatable bonds is 3. The van der Waals surface area contributed by atoms with E-state index in [1.807, 2.05) is 18.2 Å². The SMILES string of the molecule is Cc1ccc(C#N)c(F)c1C(=O)Nc1ccc2c(c1)C(c1ccoc1)=NC2. The van der Waals surface area contributed by atoms with Crippen molar-refractivity contribution in [3.8, 4) is 6.07 Å². The van der Waals surface area contributed by atoms with Gasteiger partial charge in [-0.05, 0) is 42.3 Å². The highest BCUT2D eigenvalue weighted by molar-refractivity contribution is 6.16. The van der Waals surface area contributed by atoms with Crippen molar-refractivity contribution in [1.29, 1.82) is 5.26 Å². The molecule has 4 rings (SSSR count). The third kappa shape index (κ3) is 2.89. The Kier molecular flexibility index (Phi) is 4.05. The van der Waals surface area contributed by atoms with Crippen LogP contribution in [0.25, 0.3) is 0 Å². The zero-order chi connectivity index (χ0) is 19.0. The van der Waals surface area contributed by atoms with Gasteiger partial charge in [-0.15, -0.1) is 0 Å². The van der Waals surface area contributed by atoms with Gasteiger partial charge in [0.25, 0.3) is 5.91 Å². The molecule has 1 aromatic heterocycles. The standard InChI is InChI=1S/C21H14FN3O2/c1-12-2-3-13(9-23)19(22)18(12)21(26)25-16-5-4-14-10-24-20(17(14)8-16)15-6-7-27-11-15/h2-8,11H,10H2,1H3,(H,25,26). The molecule has 1 aliphatic heterocycles. The minimum Gasteiger partial charge on any atom is -0.472 e. The average molecular weight is 359 g/mol. The molecule has 2 aromatic carbocycles. The molecule has 0 saturated carbocycles. The van der Waals surface area contributed by atoms with Gasteiger partial charge in [0.15, 0.2) is 5.82 Å². The number of halogens is 1. The predicted octanol–water partition coefficient (Wildman–Crippen LogP) is 4.20. The molecule has 0 fully saturated rings. The number of fused-ring (bicyclic) bond motifs is 1. The molecule has 1 amide bonds. The summed E-state index contributed by atoms with van der Waals surface area (Å²) < 4.78 is 19.6. The lowest BCUT2D eigenvalue weighted by Crippen LogP contribution is -2.16. The molecule has 6 heteroatoms. The van der Waals surface area contributed by atoms with Crippen molar-refractivity contribution >= 4 is 17.3 Å². The van der Waals surface area contributed by atoms with Gasteiger partial charge < -0.3 is 9.73 Å². The number of nitrogens with zero attached hydrogens (tertiary/aromatic N) is 2. The van der Waals surface area contributed by atoms with Gasteiger partial charge in [-0.2, -0.15) is 5.26 Å². The fourth-order valence-electron chi connectivity index (χ4n) is 3.14. The molecule has 0 atom stereocenters. The Bertz CT molecular complexity index is 1130. The van der Waals surface area contributed by atoms with E-state index in [-0.39, 0.29) is 11.1 Å². The van der Waals surface area contributed by atoms with E-state index in [0.29, 0.717) is 17.8 Å². The van der Waals surface area contributed by atoms with Crippen molar-refractivity contribution in [3.05, 3.63) is 88.1 Å². The lowest BCUT2D eigenvalue weighted by Gasteiger charge is -2.11. The first-order valence-corrected chi connectivity index (χ1v) is 8.29. The number of aliphatic imine (C=N–C) groups is 1. The molecule has 27 heavy (non-hydrogen) atoms. The molecule has 0 radical (unpaired) electrons. The Morgan fingerprint density at radius 1 is 1.30 bits per heavy atom. The van der Waals surface area contributed by atoms with Crippen LogP contribution in [0.15, 0.2) is 58.3 Å². The van der Waals surface area contributed by atoms with Crippen molar-refractivity contribution in [3.63, 3.8) is 0 Å². The van der Waals surface area contributed by atoms with Crippen LogP contribution in [-0.4, -0.2) is 11.6 Å². The Labute approximate surface area is 154 Å². The van der Waals surface area contributed by atoms with Crippen LogP contribution in [0.4, 0.5) is 10.1 Å². The van der Waals surface area contributed by atoms with E-state index in [2.05, 4.69) is 10.3 Å². The number of nitrogens with one attached hydrogen (secondary N) is 1. The van der Waals surface area contributed by atoms with Crippen LogP contribution in [0.5, 0.6) is 0 Å². The number of amides is 1. The Balaban J connectivity index is 1.66. The molecule has 0 bridgehead atoms. The monoisotopic (exact) mass is 359 g/mol. The summed E-state index contributed by atoms with van der Waals surface area (Å²) in [5.41, 5.74) is 4.30. The number of hydrogen-bond acceptors (Lipinski definition) is 4. The first-order chi connectivity index (χ1) is 13.1. The minimum absolute atomic E-state index is 0.127. The van der Waals surface area contributed by atoms with Gasteiger partial charge in [-0.1, -0.05) is 12.1 Å². The molecule has 5 nitrogen and oxygen atoms in total. The van der Waals surface area contributed by atoms with Crippen molar-refractivity contribution in [1.82, 2.24) is 0 Å². The number of carbonyl (C=O) groups excluding carboxylic acids is 1. The lowest BCUT2D eigenvalue weighted by atomic mass is 10.0. The fraction of sp³-hybridized carbons (Fsp3) is 0.0952. The van der Waals surface area contributed by atoms with Crippen LogP contribution in [0.3, 0.4) is 0 Å². The number of aryl methyl sites for hydroxylation is 1. The van der Waals surface area contributed by atoms with Crippen LogP contribution in [-0.2, 0) is 6.54 Å². The summed E-state index contributed by atoms with van der Waals surface area (Å²) in [4.78, 5) is 17.2. The zero-order valence-corrected chi connectivity index (χ0v) is 14.4. The molecular weight excluding hydrogens is 345 g/mol. The Hall–Kier alpha value is -3.72. The number of nitriles is 1. The first kappa shape index (κ1) is 16.7. The average Bonchev–Trinajstić information content (AvgIpc) is 3.31. The quantitative estimate of drug-likeness (QED) is 0.761. The number of anilines is 1. The molecule has 0 unspecified atom stereocenters. The van der Waals surface area contributed by atoms with Gasteiger partial charge in [0, 0.05) is 16.8 Å². The lowest BCUT2D eigenvalue weighted by molar-refractivity contribution is 0.102. The Morgan fingerprint density at radius 3 is 2.89 bits per heavy atom. The van der Waals surface area contributed by atoms with Gasteiger partial charge >= 0.3 is 0 Å². The highest BCUT2D eigenvalue weighted by atomic mass is 19.1. The summed E-state index contributed by atoms with van der Waals surface area (Å²) in [6.45, 7) is 2.19. The van der Waals surface area contributed by atoms with E-state index >= 15 is 0 Å². The smallest absolute Gasteiger partial charge is 0.258 e. The van der Waals surface area contributed by atoms with Gasteiger partial charge in [0.2, 0.25) is 0 Å². The molecule has 1 aliphatic rings. The van der Waals surface area contributed by atoms with E-state index in [0.717, 1.165) is 22.4 Å². The van der Waals surface area contributed by atoms with E-state index < -0.39 is 11.7 Å². The number of hydrogen-bond donors (Lipinski definition) is 1. The molecule has 132 valence electrons. The topological polar surface area (TPSA) is 78.4 Å². The molecule has 0 spiro atoms. The van der Waals surface area contributed by atoms with Crippen molar-refractivity contribution in [2.45, 2.75) is 13.5 Å². The van der Waals surface area contributed by atoms with E-state index in [1.54, 1.807) is 37.7 Å². The van der Waals surface area contributed by atoms with Crippen LogP contribution < -0.4 is 5.32 Å². The number of benzene rings is 2. The van der Waals surface area contributed by atoms with Crippen LogP contribution in [0.1, 0.15) is 38.2 Å². The largest absolute Gasteiger partial charge is 0.472 e. The molecule has 2 heterocycles. The summed E-state index contributed by atoms with van der Waals surface area (Å²) >= 11 is 0. The van der Waals surface area contributed by atoms with Crippen LogP contribution >= 0.6 is 0 Å². The van der Waals surface area contributed by atoms with Crippen LogP contribution in [0.2, 0.25) is 0 Å². The van der Waals surface area contributed by atoms with Crippen LogP contribution in [0, 0.1) is 24.1 Å². The summed E-state index contributed by atoms with van der Waals surface area (Å²) in [6.07, 6.45) is 3.19. The summed E-state index contributed by atoms with van der Waals surface area (Å²) in [5.74, 6) is -1.40. The third-order valence-corrected chi connectivity index (χ3v) is 4.52. The number of carbonyl (C=O) groups is 1. The van der Waals surface area contributed by atoms with E-state index in [4.69, 9.17) is 9.68 Å². The summed E-state index contributed by atoms with van der Waals surface area (Å²) in [7, 11) is 0. The van der Waals surface area contributed by atoms with E-state index in [9.17, 15) is 9.18 Å². The van der Waals surface area contributed by atoms with Gasteiger partial charge in [0.1, 0.15) is 6.07 Å². The highest BCUT2D eigenvalue weighted by Crippen LogP contribution is 2.27. The van der Waals surface area contributed by atoms with Gasteiger partial charge in [0.05, 0.1) is 35.9 Å². The maximum absolute atomic E-state index is 14.4. The first-order valence-electron chi connectivity index (χ1n) is 8.29. The third-order valence-electron chi connectivity index (χ3n) is 4.52.